The summed E-state index contributed by atoms with van der Waals surface area (Å²) in [6, 6.07) is 0. The highest BCUT2D eigenvalue weighted by Crippen LogP contribution is 2.27. The van der Waals surface area contributed by atoms with E-state index in [0.717, 1.165) is 57.8 Å². The maximum atomic E-state index is 11.2. The van der Waals surface area contributed by atoms with Crippen molar-refractivity contribution in [2.45, 2.75) is 97.3 Å². The van der Waals surface area contributed by atoms with Crippen LogP contribution in [0.1, 0.15) is 97.3 Å². The lowest BCUT2D eigenvalue weighted by Crippen LogP contribution is -2.24. The molecule has 0 spiro atoms. The summed E-state index contributed by atoms with van der Waals surface area (Å²) in [5, 5.41) is 18.4. The molecule has 0 rings (SSSR count). The molecular weight excluding hydrogens is 364 g/mol. The molecular formula is C25H42O4. The second-order valence-electron chi connectivity index (χ2n) is 8.58. The second-order valence-corrected chi connectivity index (χ2v) is 8.58. The zero-order chi connectivity index (χ0) is 22.2. The lowest BCUT2D eigenvalue weighted by atomic mass is 9.85. The van der Waals surface area contributed by atoms with Crippen LogP contribution in [0.5, 0.6) is 0 Å². The van der Waals surface area contributed by atoms with Crippen molar-refractivity contribution in [3.63, 3.8) is 0 Å². The molecule has 0 fully saturated rings. The first kappa shape index (κ1) is 27.2. The van der Waals surface area contributed by atoms with Crippen LogP contribution in [0.3, 0.4) is 0 Å². The molecule has 0 aromatic rings. The summed E-state index contributed by atoms with van der Waals surface area (Å²) in [5.41, 5.74) is -1.58. The van der Waals surface area contributed by atoms with E-state index in [0.29, 0.717) is 12.8 Å². The first-order chi connectivity index (χ1) is 13.7. The summed E-state index contributed by atoms with van der Waals surface area (Å²) in [7, 11) is 0. The first-order valence-electron chi connectivity index (χ1n) is 11.1. The van der Waals surface area contributed by atoms with Gasteiger partial charge >= 0.3 is 11.9 Å². The van der Waals surface area contributed by atoms with E-state index in [2.05, 4.69) is 25.3 Å². The van der Waals surface area contributed by atoms with Gasteiger partial charge in [-0.15, -0.1) is 13.2 Å². The fraction of sp³-hybridized carbons (Fsp3) is 0.680. The van der Waals surface area contributed by atoms with E-state index in [-0.39, 0.29) is 0 Å². The number of carboxylic acids is 2. The Kier molecular flexibility index (Phi) is 14.1. The standard InChI is InChI=1S/C25H42O4/c1-5-24(3,22(26)27)20-18-16-14-12-10-8-7-9-11-13-15-17-19-21-25(4,6-2)23(28)29/h5-8H,1-2,9-21H2,3-4H3,(H,26,27)(H,28,29)/b8-7-. The summed E-state index contributed by atoms with van der Waals surface area (Å²) < 4.78 is 0. The zero-order valence-corrected chi connectivity index (χ0v) is 18.6. The molecule has 4 heteroatoms. The highest BCUT2D eigenvalue weighted by atomic mass is 16.4. The maximum absolute atomic E-state index is 11.2. The molecule has 0 aliphatic heterocycles. The second kappa shape index (κ2) is 15.1. The molecule has 0 amide bonds. The van der Waals surface area contributed by atoms with Crippen LogP contribution in [0.25, 0.3) is 0 Å². The average Bonchev–Trinajstić information content (AvgIpc) is 2.69. The van der Waals surface area contributed by atoms with E-state index in [1.165, 1.54) is 12.8 Å². The van der Waals surface area contributed by atoms with Gasteiger partial charge in [0.15, 0.2) is 0 Å². The minimum Gasteiger partial charge on any atom is -0.481 e. The van der Waals surface area contributed by atoms with Crippen LogP contribution < -0.4 is 0 Å². The molecule has 4 nitrogen and oxygen atoms in total. The van der Waals surface area contributed by atoms with Gasteiger partial charge in [-0.05, 0) is 52.4 Å². The molecule has 2 unspecified atom stereocenters. The summed E-state index contributed by atoms with van der Waals surface area (Å²) in [6.07, 6.45) is 21.0. The zero-order valence-electron chi connectivity index (χ0n) is 18.6. The van der Waals surface area contributed by atoms with E-state index >= 15 is 0 Å². The Morgan fingerprint density at radius 2 is 0.966 bits per heavy atom. The molecule has 0 heterocycles. The predicted molar refractivity (Wildman–Crippen MR) is 121 cm³/mol. The Bertz CT molecular complexity index is 537. The Hall–Kier alpha value is -1.84. The summed E-state index contributed by atoms with van der Waals surface area (Å²) in [5.74, 6) is -1.57. The third kappa shape index (κ3) is 11.7. The van der Waals surface area contributed by atoms with Gasteiger partial charge in [-0.2, -0.15) is 0 Å². The normalized spacial score (nSPS) is 15.5. The minimum absolute atomic E-state index is 0.658. The van der Waals surface area contributed by atoms with Gasteiger partial charge in [-0.1, -0.05) is 69.2 Å². The number of hydrogen-bond donors (Lipinski definition) is 2. The Morgan fingerprint density at radius 3 is 1.28 bits per heavy atom. The van der Waals surface area contributed by atoms with E-state index in [1.54, 1.807) is 26.0 Å². The van der Waals surface area contributed by atoms with Gasteiger partial charge in [0.25, 0.3) is 0 Å². The molecule has 0 radical (unpaired) electrons. The predicted octanol–water partition coefficient (Wildman–Crippen LogP) is 7.17. The van der Waals surface area contributed by atoms with Crippen LogP contribution in [-0.2, 0) is 9.59 Å². The quantitative estimate of drug-likeness (QED) is 0.176. The molecule has 2 atom stereocenters. The van der Waals surface area contributed by atoms with Crippen molar-refractivity contribution in [1.29, 1.82) is 0 Å². The Balaban J connectivity index is 3.56. The Morgan fingerprint density at radius 1 is 0.655 bits per heavy atom. The van der Waals surface area contributed by atoms with Crippen LogP contribution >= 0.6 is 0 Å². The first-order valence-corrected chi connectivity index (χ1v) is 11.1. The van der Waals surface area contributed by atoms with Crippen LogP contribution in [0.4, 0.5) is 0 Å². The molecule has 2 N–H and O–H groups in total. The molecule has 0 saturated carbocycles. The maximum Gasteiger partial charge on any atom is 0.313 e. The van der Waals surface area contributed by atoms with E-state index in [4.69, 9.17) is 0 Å². The largest absolute Gasteiger partial charge is 0.481 e. The SMILES string of the molecule is C=CC(C)(CCCCCC/C=C\CCCCCCCC(C)(C=C)C(=O)O)C(=O)O. The highest BCUT2D eigenvalue weighted by molar-refractivity contribution is 5.76. The van der Waals surface area contributed by atoms with Crippen molar-refractivity contribution >= 4 is 11.9 Å². The summed E-state index contributed by atoms with van der Waals surface area (Å²) in [4.78, 5) is 22.4. The summed E-state index contributed by atoms with van der Waals surface area (Å²) in [6.45, 7) is 10.8. The van der Waals surface area contributed by atoms with Gasteiger partial charge in [-0.3, -0.25) is 9.59 Å². The van der Waals surface area contributed by atoms with Gasteiger partial charge in [0.2, 0.25) is 0 Å². The van der Waals surface area contributed by atoms with E-state index in [9.17, 15) is 19.8 Å². The molecule has 0 aromatic heterocycles. The van der Waals surface area contributed by atoms with E-state index < -0.39 is 22.8 Å². The fourth-order valence-electron chi connectivity index (χ4n) is 3.22. The van der Waals surface area contributed by atoms with Crippen molar-refractivity contribution in [2.24, 2.45) is 10.8 Å². The molecule has 0 aromatic carbocycles. The van der Waals surface area contributed by atoms with Crippen LogP contribution in [0.2, 0.25) is 0 Å². The third-order valence-electron chi connectivity index (χ3n) is 5.93. The molecule has 0 aliphatic carbocycles. The summed E-state index contributed by atoms with van der Waals surface area (Å²) >= 11 is 0. The minimum atomic E-state index is -0.790. The smallest absolute Gasteiger partial charge is 0.313 e. The van der Waals surface area contributed by atoms with Crippen molar-refractivity contribution in [3.8, 4) is 0 Å². The van der Waals surface area contributed by atoms with Gasteiger partial charge in [-0.25, -0.2) is 0 Å². The molecule has 0 aliphatic rings. The van der Waals surface area contributed by atoms with Crippen molar-refractivity contribution in [3.05, 3.63) is 37.5 Å². The fourth-order valence-corrected chi connectivity index (χ4v) is 3.22. The van der Waals surface area contributed by atoms with Gasteiger partial charge in [0.1, 0.15) is 0 Å². The number of allylic oxidation sites excluding steroid dienone is 2. The monoisotopic (exact) mass is 406 g/mol. The topological polar surface area (TPSA) is 74.6 Å². The third-order valence-corrected chi connectivity index (χ3v) is 5.93. The van der Waals surface area contributed by atoms with Crippen molar-refractivity contribution in [2.75, 3.05) is 0 Å². The van der Waals surface area contributed by atoms with Gasteiger partial charge in [0, 0.05) is 0 Å². The van der Waals surface area contributed by atoms with Crippen LogP contribution in [0.15, 0.2) is 37.5 Å². The Labute approximate surface area is 177 Å². The van der Waals surface area contributed by atoms with E-state index in [1.807, 2.05) is 0 Å². The number of aliphatic carboxylic acids is 2. The van der Waals surface area contributed by atoms with Gasteiger partial charge in [0.05, 0.1) is 10.8 Å². The number of hydrogen-bond acceptors (Lipinski definition) is 2. The lowest BCUT2D eigenvalue weighted by molar-refractivity contribution is -0.146. The molecule has 29 heavy (non-hydrogen) atoms. The molecule has 166 valence electrons. The number of unbranched alkanes of at least 4 members (excludes halogenated alkanes) is 9. The number of rotatable bonds is 19. The van der Waals surface area contributed by atoms with Gasteiger partial charge < -0.3 is 10.2 Å². The average molecular weight is 407 g/mol. The van der Waals surface area contributed by atoms with Crippen LogP contribution in [0, 0.1) is 10.8 Å². The van der Waals surface area contributed by atoms with Crippen molar-refractivity contribution in [1.82, 2.24) is 0 Å². The molecule has 0 bridgehead atoms. The number of carbonyl (C=O) groups is 2. The molecule has 0 saturated heterocycles. The van der Waals surface area contributed by atoms with Crippen LogP contribution in [-0.4, -0.2) is 22.2 Å². The van der Waals surface area contributed by atoms with Crippen molar-refractivity contribution < 1.29 is 19.8 Å². The highest BCUT2D eigenvalue weighted by Gasteiger charge is 2.29. The lowest BCUT2D eigenvalue weighted by Gasteiger charge is -2.19. The number of carboxylic acid groups (broad SMARTS) is 2.